The van der Waals surface area contributed by atoms with Crippen LogP contribution in [-0.4, -0.2) is 32.1 Å². The molecule has 0 saturated carbocycles. The smallest absolute Gasteiger partial charge is 0.319 e. The van der Waals surface area contributed by atoms with Gasteiger partial charge in [0.1, 0.15) is 0 Å². The number of nitrogens with one attached hydrogen (secondary N) is 2. The van der Waals surface area contributed by atoms with Gasteiger partial charge in [0.15, 0.2) is 11.6 Å². The molecule has 2 heterocycles. The molecule has 2 N–H and O–H groups in total. The van der Waals surface area contributed by atoms with E-state index >= 15 is 0 Å². The van der Waals surface area contributed by atoms with Crippen LogP contribution in [0.5, 0.6) is 0 Å². The van der Waals surface area contributed by atoms with Gasteiger partial charge in [0.25, 0.3) is 0 Å². The van der Waals surface area contributed by atoms with Gasteiger partial charge in [-0.3, -0.25) is 0 Å². The fraction of sp³-hybridized carbons (Fsp3) is 0.300. The molecule has 0 aliphatic heterocycles. The zero-order valence-corrected chi connectivity index (χ0v) is 15.8. The zero-order valence-electron chi connectivity index (χ0n) is 15.8. The molecule has 2 amide bonds. The molecule has 1 aromatic carbocycles. The van der Waals surface area contributed by atoms with Crippen molar-refractivity contribution >= 4 is 11.7 Å². The van der Waals surface area contributed by atoms with E-state index in [9.17, 15) is 4.79 Å². The van der Waals surface area contributed by atoms with Crippen LogP contribution < -0.4 is 10.6 Å². The minimum atomic E-state index is -0.240. The van der Waals surface area contributed by atoms with E-state index in [4.69, 9.17) is 0 Å². The highest BCUT2D eigenvalue weighted by Crippen LogP contribution is 2.23. The normalized spacial score (nSPS) is 11.2. The number of imidazole rings is 1. The fourth-order valence-electron chi connectivity index (χ4n) is 2.63. The summed E-state index contributed by atoms with van der Waals surface area (Å²) in [6, 6.07) is 9.43. The molecule has 0 radical (unpaired) electrons. The van der Waals surface area contributed by atoms with E-state index in [2.05, 4.69) is 46.4 Å². The number of hydrogen-bond acceptors (Lipinski definition) is 4. The van der Waals surface area contributed by atoms with Crippen molar-refractivity contribution in [2.24, 2.45) is 0 Å². The van der Waals surface area contributed by atoms with Gasteiger partial charge < -0.3 is 15.2 Å². The SMILES string of the molecule is CC(C)(C)c1ccc(NC(=O)NCCn2ccnc2-c2ncccn2)cc1. The van der Waals surface area contributed by atoms with Crippen LogP contribution in [0.15, 0.2) is 55.1 Å². The first-order valence-electron chi connectivity index (χ1n) is 8.87. The third-order valence-corrected chi connectivity index (χ3v) is 4.13. The highest BCUT2D eigenvalue weighted by atomic mass is 16.2. The molecule has 7 heteroatoms. The maximum atomic E-state index is 12.1. The molecule has 0 spiro atoms. The number of rotatable bonds is 5. The first kappa shape index (κ1) is 18.6. The molecule has 7 nitrogen and oxygen atoms in total. The number of carbonyl (C=O) groups is 1. The highest BCUT2D eigenvalue weighted by Gasteiger charge is 2.13. The van der Waals surface area contributed by atoms with Crippen LogP contribution in [0.25, 0.3) is 11.6 Å². The van der Waals surface area contributed by atoms with E-state index in [0.717, 1.165) is 5.69 Å². The molecule has 0 bridgehead atoms. The lowest BCUT2D eigenvalue weighted by molar-refractivity contribution is 0.251. The molecule has 0 aliphatic rings. The van der Waals surface area contributed by atoms with Gasteiger partial charge in [-0.15, -0.1) is 0 Å². The minimum Gasteiger partial charge on any atom is -0.336 e. The molecule has 2 aromatic heterocycles. The van der Waals surface area contributed by atoms with Crippen LogP contribution in [-0.2, 0) is 12.0 Å². The number of urea groups is 1. The average molecular weight is 364 g/mol. The number of nitrogens with zero attached hydrogens (tertiary/aromatic N) is 4. The predicted octanol–water partition coefficient (Wildman–Crippen LogP) is 3.46. The first-order chi connectivity index (χ1) is 12.9. The molecule has 0 fully saturated rings. The van der Waals surface area contributed by atoms with Gasteiger partial charge >= 0.3 is 6.03 Å². The van der Waals surface area contributed by atoms with E-state index in [1.807, 2.05) is 35.0 Å². The molecule has 3 rings (SSSR count). The Morgan fingerprint density at radius 3 is 2.41 bits per heavy atom. The predicted molar refractivity (Wildman–Crippen MR) is 105 cm³/mol. The third kappa shape index (κ3) is 4.91. The number of aromatic nitrogens is 4. The second-order valence-electron chi connectivity index (χ2n) is 7.22. The molecule has 0 atom stereocenters. The Bertz CT molecular complexity index is 881. The number of benzene rings is 1. The van der Waals surface area contributed by atoms with Gasteiger partial charge in [-0.05, 0) is 29.2 Å². The van der Waals surface area contributed by atoms with Crippen molar-refractivity contribution in [2.45, 2.75) is 32.7 Å². The maximum absolute atomic E-state index is 12.1. The Morgan fingerprint density at radius 2 is 1.74 bits per heavy atom. The van der Waals surface area contributed by atoms with E-state index in [-0.39, 0.29) is 11.4 Å². The molecule has 140 valence electrons. The van der Waals surface area contributed by atoms with Crippen molar-refractivity contribution in [3.63, 3.8) is 0 Å². The molecule has 0 saturated heterocycles. The van der Waals surface area contributed by atoms with Crippen LogP contribution in [0.4, 0.5) is 10.5 Å². The summed E-state index contributed by atoms with van der Waals surface area (Å²) in [5, 5.41) is 5.70. The molecular weight excluding hydrogens is 340 g/mol. The van der Waals surface area contributed by atoms with Crippen molar-refractivity contribution in [1.82, 2.24) is 24.8 Å². The van der Waals surface area contributed by atoms with Gasteiger partial charge in [-0.2, -0.15) is 0 Å². The topological polar surface area (TPSA) is 84.7 Å². The average Bonchev–Trinajstić information content (AvgIpc) is 3.11. The summed E-state index contributed by atoms with van der Waals surface area (Å²) in [5.74, 6) is 1.24. The quantitative estimate of drug-likeness (QED) is 0.726. The molecule has 0 unspecified atom stereocenters. The molecule has 0 aliphatic carbocycles. The van der Waals surface area contributed by atoms with Gasteiger partial charge in [0, 0.05) is 43.6 Å². The fourth-order valence-corrected chi connectivity index (χ4v) is 2.63. The lowest BCUT2D eigenvalue weighted by Gasteiger charge is -2.19. The van der Waals surface area contributed by atoms with Gasteiger partial charge in [-0.25, -0.2) is 19.7 Å². The Labute approximate surface area is 158 Å². The van der Waals surface area contributed by atoms with Gasteiger partial charge in [-0.1, -0.05) is 32.9 Å². The molecular formula is C20H24N6O. The van der Waals surface area contributed by atoms with Gasteiger partial charge in [0.2, 0.25) is 0 Å². The van der Waals surface area contributed by atoms with Crippen molar-refractivity contribution in [2.75, 3.05) is 11.9 Å². The minimum absolute atomic E-state index is 0.0891. The Hall–Kier alpha value is -3.22. The number of amides is 2. The molecule has 27 heavy (non-hydrogen) atoms. The standard InChI is InChI=1S/C20H24N6O/c1-20(2,3)15-5-7-16(8-6-15)25-19(27)24-12-14-26-13-11-23-18(26)17-21-9-4-10-22-17/h4-11,13H,12,14H2,1-3H3,(H2,24,25,27). The van der Waals surface area contributed by atoms with Crippen molar-refractivity contribution in [3.05, 3.63) is 60.7 Å². The lowest BCUT2D eigenvalue weighted by Crippen LogP contribution is -2.31. The van der Waals surface area contributed by atoms with Crippen LogP contribution >= 0.6 is 0 Å². The molecule has 3 aromatic rings. The zero-order chi connectivity index (χ0) is 19.3. The monoisotopic (exact) mass is 364 g/mol. The van der Waals surface area contributed by atoms with Crippen LogP contribution in [0.1, 0.15) is 26.3 Å². The van der Waals surface area contributed by atoms with E-state index in [1.54, 1.807) is 24.7 Å². The van der Waals surface area contributed by atoms with E-state index < -0.39 is 0 Å². The van der Waals surface area contributed by atoms with Crippen LogP contribution in [0.2, 0.25) is 0 Å². The summed E-state index contributed by atoms with van der Waals surface area (Å²) in [4.78, 5) is 24.8. The number of carbonyl (C=O) groups excluding carboxylic acids is 1. The summed E-state index contributed by atoms with van der Waals surface area (Å²) in [7, 11) is 0. The summed E-state index contributed by atoms with van der Waals surface area (Å²) in [5.41, 5.74) is 2.08. The second kappa shape index (κ2) is 7.99. The summed E-state index contributed by atoms with van der Waals surface area (Å²) in [6.07, 6.45) is 6.90. The lowest BCUT2D eigenvalue weighted by atomic mass is 9.87. The Kier molecular flexibility index (Phi) is 5.49. The number of hydrogen-bond donors (Lipinski definition) is 2. The van der Waals surface area contributed by atoms with E-state index in [0.29, 0.717) is 24.7 Å². The third-order valence-electron chi connectivity index (χ3n) is 4.13. The first-order valence-corrected chi connectivity index (χ1v) is 8.87. The van der Waals surface area contributed by atoms with E-state index in [1.165, 1.54) is 5.56 Å². The van der Waals surface area contributed by atoms with Crippen molar-refractivity contribution in [3.8, 4) is 11.6 Å². The Morgan fingerprint density at radius 1 is 1.04 bits per heavy atom. The Balaban J connectivity index is 1.51. The van der Waals surface area contributed by atoms with Crippen molar-refractivity contribution < 1.29 is 4.79 Å². The summed E-state index contributed by atoms with van der Waals surface area (Å²) < 4.78 is 1.91. The largest absolute Gasteiger partial charge is 0.336 e. The summed E-state index contributed by atoms with van der Waals surface area (Å²) >= 11 is 0. The van der Waals surface area contributed by atoms with Crippen molar-refractivity contribution in [1.29, 1.82) is 0 Å². The summed E-state index contributed by atoms with van der Waals surface area (Å²) in [6.45, 7) is 7.51. The maximum Gasteiger partial charge on any atom is 0.319 e. The number of anilines is 1. The highest BCUT2D eigenvalue weighted by molar-refractivity contribution is 5.89. The van der Waals surface area contributed by atoms with Crippen LogP contribution in [0, 0.1) is 0 Å². The second-order valence-corrected chi connectivity index (χ2v) is 7.22. The van der Waals surface area contributed by atoms with Gasteiger partial charge in [0.05, 0.1) is 0 Å². The van der Waals surface area contributed by atoms with Crippen LogP contribution in [0.3, 0.4) is 0 Å².